The van der Waals surface area contributed by atoms with Gasteiger partial charge in [0, 0.05) is 9.79 Å². The van der Waals surface area contributed by atoms with Gasteiger partial charge < -0.3 is 0 Å². The highest BCUT2D eigenvalue weighted by atomic mass is 32.2. The molecule has 1 N–H and O–H groups in total. The van der Waals surface area contributed by atoms with Crippen molar-refractivity contribution >= 4 is 40.8 Å². The average Bonchev–Trinajstić information content (AvgIpc) is 3.25. The zero-order valence-corrected chi connectivity index (χ0v) is 17.2. The first-order valence-electron chi connectivity index (χ1n) is 9.20. The normalized spacial score (nSPS) is 12.4. The fraction of sp³-hybridized carbons (Fsp3) is 0.0455. The molecule has 5 rings (SSSR count). The number of carbonyl (C=O) groups excluding carboxylic acids is 1. The van der Waals surface area contributed by atoms with Crippen molar-refractivity contribution in [3.05, 3.63) is 78.6 Å². The number of hydrogen-bond donors (Lipinski definition) is 1. The minimum atomic E-state index is -0.375. The molecule has 1 aromatic heterocycles. The number of carbonyl (C=O) groups is 1. The molecule has 0 saturated carbocycles. The van der Waals surface area contributed by atoms with Crippen molar-refractivity contribution in [1.29, 1.82) is 0 Å². The lowest BCUT2D eigenvalue weighted by Gasteiger charge is -2.30. The first-order chi connectivity index (χ1) is 14.7. The van der Waals surface area contributed by atoms with Crippen LogP contribution in [-0.4, -0.2) is 26.8 Å². The van der Waals surface area contributed by atoms with Crippen molar-refractivity contribution in [2.75, 3.05) is 10.7 Å². The third kappa shape index (κ3) is 3.48. The van der Waals surface area contributed by atoms with Crippen LogP contribution in [0.25, 0.3) is 11.4 Å². The number of aromatic nitrogens is 3. The Labute approximate surface area is 180 Å². The van der Waals surface area contributed by atoms with Crippen LogP contribution in [0.3, 0.4) is 0 Å². The molecule has 3 aromatic carbocycles. The van der Waals surface area contributed by atoms with Gasteiger partial charge in [-0.3, -0.25) is 14.8 Å². The highest BCUT2D eigenvalue weighted by Crippen LogP contribution is 2.48. The van der Waals surface area contributed by atoms with Crippen LogP contribution in [0.2, 0.25) is 0 Å². The van der Waals surface area contributed by atoms with Gasteiger partial charge >= 0.3 is 0 Å². The smallest absolute Gasteiger partial charge is 0.242 e. The molecular weight excluding hydrogens is 419 g/mol. The molecule has 0 bridgehead atoms. The van der Waals surface area contributed by atoms with Gasteiger partial charge in [0.25, 0.3) is 0 Å². The van der Waals surface area contributed by atoms with Crippen LogP contribution >= 0.6 is 23.5 Å². The second kappa shape index (κ2) is 7.97. The maximum absolute atomic E-state index is 14.0. The van der Waals surface area contributed by atoms with Gasteiger partial charge in [-0.05, 0) is 36.4 Å². The number of anilines is 2. The number of thioether (sulfide) groups is 1. The van der Waals surface area contributed by atoms with Gasteiger partial charge in [-0.1, -0.05) is 59.9 Å². The number of rotatable bonds is 4. The average molecular weight is 435 g/mol. The summed E-state index contributed by atoms with van der Waals surface area (Å²) in [7, 11) is 0. The molecule has 0 radical (unpaired) electrons. The topological polar surface area (TPSA) is 61.9 Å². The second-order valence-corrected chi connectivity index (χ2v) is 8.53. The van der Waals surface area contributed by atoms with E-state index in [1.165, 1.54) is 17.8 Å². The predicted molar refractivity (Wildman–Crippen MR) is 117 cm³/mol. The van der Waals surface area contributed by atoms with Gasteiger partial charge in [0.15, 0.2) is 5.82 Å². The molecule has 0 unspecified atom stereocenters. The lowest BCUT2D eigenvalue weighted by Crippen LogP contribution is -2.30. The second-order valence-electron chi connectivity index (χ2n) is 6.50. The third-order valence-electron chi connectivity index (χ3n) is 4.60. The van der Waals surface area contributed by atoms with Crippen LogP contribution < -0.4 is 4.90 Å². The van der Waals surface area contributed by atoms with Gasteiger partial charge in [-0.15, -0.1) is 5.10 Å². The van der Waals surface area contributed by atoms with E-state index < -0.39 is 0 Å². The number of hydrogen-bond acceptors (Lipinski definition) is 5. The number of halogens is 1. The molecule has 30 heavy (non-hydrogen) atoms. The molecule has 1 amide bonds. The molecule has 5 nitrogen and oxygen atoms in total. The number of amides is 1. The summed E-state index contributed by atoms with van der Waals surface area (Å²) in [4.78, 5) is 21.3. The lowest BCUT2D eigenvalue weighted by atomic mass is 10.2. The van der Waals surface area contributed by atoms with Crippen LogP contribution in [0.1, 0.15) is 0 Å². The van der Waals surface area contributed by atoms with Gasteiger partial charge in [0.05, 0.1) is 22.7 Å². The predicted octanol–water partition coefficient (Wildman–Crippen LogP) is 5.53. The molecule has 4 aromatic rings. The minimum Gasteiger partial charge on any atom is -0.278 e. The van der Waals surface area contributed by atoms with E-state index in [0.717, 1.165) is 21.2 Å². The summed E-state index contributed by atoms with van der Waals surface area (Å²) in [5.41, 5.74) is 2.08. The molecule has 148 valence electrons. The van der Waals surface area contributed by atoms with Crippen LogP contribution in [0, 0.1) is 5.82 Å². The van der Waals surface area contributed by atoms with E-state index in [1.54, 1.807) is 34.9 Å². The summed E-state index contributed by atoms with van der Waals surface area (Å²) in [6, 6.07) is 22.1. The van der Waals surface area contributed by atoms with E-state index in [2.05, 4.69) is 15.2 Å². The molecule has 0 spiro atoms. The zero-order chi connectivity index (χ0) is 20.5. The summed E-state index contributed by atoms with van der Waals surface area (Å²) in [5, 5.41) is 7.27. The monoisotopic (exact) mass is 434 g/mol. The van der Waals surface area contributed by atoms with Crippen molar-refractivity contribution in [2.45, 2.75) is 14.9 Å². The van der Waals surface area contributed by atoms with Gasteiger partial charge in [-0.2, -0.15) is 0 Å². The van der Waals surface area contributed by atoms with Gasteiger partial charge in [0.1, 0.15) is 5.82 Å². The summed E-state index contributed by atoms with van der Waals surface area (Å²) in [6.45, 7) is 0. The van der Waals surface area contributed by atoms with Crippen LogP contribution in [0.15, 0.2) is 87.7 Å². The molecule has 8 heteroatoms. The Hall–Kier alpha value is -3.10. The number of H-pyrrole nitrogens is 1. The van der Waals surface area contributed by atoms with Crippen molar-refractivity contribution in [2.24, 2.45) is 0 Å². The summed E-state index contributed by atoms with van der Waals surface area (Å²) < 4.78 is 14.0. The zero-order valence-electron chi connectivity index (χ0n) is 15.6. The van der Waals surface area contributed by atoms with E-state index in [1.807, 2.05) is 48.5 Å². The summed E-state index contributed by atoms with van der Waals surface area (Å²) in [5.74, 6) is 0.0490. The van der Waals surface area contributed by atoms with Crippen LogP contribution in [0.5, 0.6) is 0 Å². The molecule has 0 fully saturated rings. The fourth-order valence-electron chi connectivity index (χ4n) is 3.25. The van der Waals surface area contributed by atoms with E-state index in [9.17, 15) is 9.18 Å². The molecule has 2 heterocycles. The Morgan fingerprint density at radius 1 is 0.967 bits per heavy atom. The van der Waals surface area contributed by atoms with E-state index in [0.29, 0.717) is 16.5 Å². The number of para-hydroxylation sites is 2. The number of fused-ring (bicyclic) bond motifs is 2. The largest absolute Gasteiger partial charge is 0.278 e. The number of benzene rings is 3. The quantitative estimate of drug-likeness (QED) is 0.428. The fourth-order valence-corrected chi connectivity index (χ4v) is 4.95. The lowest BCUT2D eigenvalue weighted by molar-refractivity contribution is -0.115. The van der Waals surface area contributed by atoms with E-state index in [4.69, 9.17) is 0 Å². The van der Waals surface area contributed by atoms with Crippen molar-refractivity contribution < 1.29 is 9.18 Å². The Bertz CT molecular complexity index is 1200. The van der Waals surface area contributed by atoms with Gasteiger partial charge in [-0.25, -0.2) is 9.37 Å². The maximum atomic E-state index is 14.0. The summed E-state index contributed by atoms with van der Waals surface area (Å²) >= 11 is 2.87. The Morgan fingerprint density at radius 3 is 2.30 bits per heavy atom. The van der Waals surface area contributed by atoms with Crippen LogP contribution in [-0.2, 0) is 4.79 Å². The molecule has 1 aliphatic rings. The van der Waals surface area contributed by atoms with E-state index >= 15 is 0 Å². The third-order valence-corrected chi connectivity index (χ3v) is 6.56. The Kier molecular flexibility index (Phi) is 5.02. The van der Waals surface area contributed by atoms with Crippen molar-refractivity contribution in [1.82, 2.24) is 15.2 Å². The Morgan fingerprint density at radius 2 is 1.60 bits per heavy atom. The molecule has 1 aliphatic heterocycles. The molecule has 0 aliphatic carbocycles. The summed E-state index contributed by atoms with van der Waals surface area (Å²) in [6.07, 6.45) is 0. The molecule has 0 atom stereocenters. The number of aromatic amines is 1. The van der Waals surface area contributed by atoms with Crippen molar-refractivity contribution in [3.63, 3.8) is 0 Å². The van der Waals surface area contributed by atoms with Gasteiger partial charge in [0.2, 0.25) is 11.1 Å². The minimum absolute atomic E-state index is 0.0718. The molecule has 0 saturated heterocycles. The SMILES string of the molecule is O=C(CSc1n[nH]c(-c2ccccc2F)n1)N1c2ccccc2Sc2ccccc21. The highest BCUT2D eigenvalue weighted by molar-refractivity contribution is 8.00. The number of nitrogens with zero attached hydrogens (tertiary/aromatic N) is 3. The first-order valence-corrected chi connectivity index (χ1v) is 11.0. The van der Waals surface area contributed by atoms with Crippen molar-refractivity contribution in [3.8, 4) is 11.4 Å². The molecular formula is C22H15FN4OS2. The number of nitrogens with one attached hydrogen (secondary N) is 1. The van der Waals surface area contributed by atoms with E-state index in [-0.39, 0.29) is 17.5 Å². The maximum Gasteiger partial charge on any atom is 0.242 e. The highest BCUT2D eigenvalue weighted by Gasteiger charge is 2.28. The first kappa shape index (κ1) is 18.9. The van der Waals surface area contributed by atoms with Crippen LogP contribution in [0.4, 0.5) is 15.8 Å². The standard InChI is InChI=1S/C22H15FN4OS2/c23-15-8-2-1-7-14(15)21-24-22(26-25-21)29-13-20(28)27-16-9-3-5-11-18(16)30-19-12-6-4-10-17(19)27/h1-12H,13H2,(H,24,25,26). The Balaban J connectivity index is 1.38.